The van der Waals surface area contributed by atoms with Crippen LogP contribution >= 0.6 is 35.0 Å². The van der Waals surface area contributed by atoms with Crippen molar-refractivity contribution in [2.24, 2.45) is 0 Å². The topological polar surface area (TPSA) is 71.8 Å². The molecule has 0 amide bonds. The van der Waals surface area contributed by atoms with E-state index < -0.39 is 34.2 Å². The van der Waals surface area contributed by atoms with E-state index in [9.17, 15) is 26.7 Å². The molecular formula is C12H6Cl2F5N3OS. The van der Waals surface area contributed by atoms with Crippen molar-refractivity contribution in [2.75, 3.05) is 5.73 Å². The molecule has 0 unspecified atom stereocenters. The summed E-state index contributed by atoms with van der Waals surface area (Å²) in [5.74, 6) is -6.23. The van der Waals surface area contributed by atoms with E-state index in [1.54, 1.807) is 0 Å². The first-order chi connectivity index (χ1) is 10.9. The van der Waals surface area contributed by atoms with Crippen LogP contribution in [0.3, 0.4) is 0 Å². The number of nitrogens with one attached hydrogen (secondary N) is 1. The van der Waals surface area contributed by atoms with Crippen LogP contribution in [-0.4, -0.2) is 16.1 Å². The molecule has 12 heteroatoms. The number of anilines is 1. The molecule has 0 bridgehead atoms. The summed E-state index contributed by atoms with van der Waals surface area (Å²) in [7, 11) is 0. The van der Waals surface area contributed by atoms with Gasteiger partial charge in [0.05, 0.1) is 10.0 Å². The Kier molecular flexibility index (Phi) is 5.03. The molecule has 1 aromatic carbocycles. The number of alkyl halides is 5. The molecule has 3 N–H and O–H groups in total. The van der Waals surface area contributed by atoms with Gasteiger partial charge in [-0.3, -0.25) is 9.78 Å². The second kappa shape index (κ2) is 6.41. The van der Waals surface area contributed by atoms with E-state index in [0.717, 1.165) is 0 Å². The molecule has 0 radical (unpaired) electrons. The molecule has 2 aromatic rings. The number of nitrogens with zero attached hydrogens (tertiary/aromatic N) is 1. The Balaban J connectivity index is 2.61. The quantitative estimate of drug-likeness (QED) is 0.739. The largest absolute Gasteiger partial charge is 0.459 e. The van der Waals surface area contributed by atoms with Crippen molar-refractivity contribution < 1.29 is 22.0 Å². The van der Waals surface area contributed by atoms with Crippen LogP contribution in [-0.2, 0) is 5.92 Å². The zero-order valence-electron chi connectivity index (χ0n) is 11.2. The van der Waals surface area contributed by atoms with Crippen LogP contribution in [0.15, 0.2) is 32.8 Å². The van der Waals surface area contributed by atoms with E-state index in [1.165, 1.54) is 18.2 Å². The number of halogens is 7. The highest BCUT2D eigenvalue weighted by atomic mass is 35.5. The first-order valence-electron chi connectivity index (χ1n) is 5.91. The monoisotopic (exact) mass is 405 g/mol. The smallest absolute Gasteiger partial charge is 0.369 e. The number of rotatable bonds is 3. The number of hydrogen-bond acceptors (Lipinski definition) is 4. The van der Waals surface area contributed by atoms with E-state index in [2.05, 4.69) is 4.98 Å². The molecule has 0 aliphatic heterocycles. The molecule has 0 atom stereocenters. The fourth-order valence-electron chi connectivity index (χ4n) is 1.58. The van der Waals surface area contributed by atoms with E-state index in [-0.39, 0.29) is 14.9 Å². The normalized spacial score (nSPS) is 12.5. The first-order valence-corrected chi connectivity index (χ1v) is 7.48. The molecule has 0 aliphatic rings. The van der Waals surface area contributed by atoms with Gasteiger partial charge in [0.1, 0.15) is 10.6 Å². The van der Waals surface area contributed by atoms with Crippen LogP contribution in [0.2, 0.25) is 10.0 Å². The highest BCUT2D eigenvalue weighted by molar-refractivity contribution is 7.99. The molecule has 0 saturated carbocycles. The van der Waals surface area contributed by atoms with Crippen molar-refractivity contribution in [1.82, 2.24) is 9.97 Å². The van der Waals surface area contributed by atoms with Gasteiger partial charge < -0.3 is 5.73 Å². The number of benzene rings is 1. The Hall–Kier alpha value is -1.52. The predicted molar refractivity (Wildman–Crippen MR) is 79.8 cm³/mol. The fourth-order valence-corrected chi connectivity index (χ4v) is 2.91. The summed E-state index contributed by atoms with van der Waals surface area (Å²) in [5.41, 5.74) is 2.07. The lowest BCUT2D eigenvalue weighted by Gasteiger charge is -2.21. The van der Waals surface area contributed by atoms with Crippen LogP contribution in [0.1, 0.15) is 5.69 Å². The molecule has 0 fully saturated rings. The second-order valence-electron chi connectivity index (χ2n) is 4.38. The van der Waals surface area contributed by atoms with Crippen molar-refractivity contribution in [3.05, 3.63) is 44.3 Å². The van der Waals surface area contributed by atoms with Crippen LogP contribution in [0.4, 0.5) is 27.9 Å². The Morgan fingerprint density at radius 1 is 1.12 bits per heavy atom. The van der Waals surface area contributed by atoms with Crippen LogP contribution in [0.25, 0.3) is 0 Å². The van der Waals surface area contributed by atoms with Gasteiger partial charge in [0, 0.05) is 4.90 Å². The lowest BCUT2D eigenvalue weighted by Crippen LogP contribution is -2.37. The molecule has 0 aliphatic carbocycles. The number of nitrogen functional groups attached to an aromatic ring is 1. The van der Waals surface area contributed by atoms with Gasteiger partial charge in [0.15, 0.2) is 0 Å². The molecule has 130 valence electrons. The van der Waals surface area contributed by atoms with Gasteiger partial charge in [-0.25, -0.2) is 4.98 Å². The lowest BCUT2D eigenvalue weighted by molar-refractivity contribution is -0.292. The zero-order valence-corrected chi connectivity index (χ0v) is 13.5. The van der Waals surface area contributed by atoms with Gasteiger partial charge in [0.2, 0.25) is 5.95 Å². The van der Waals surface area contributed by atoms with E-state index in [4.69, 9.17) is 28.9 Å². The minimum atomic E-state index is -5.95. The third-order valence-electron chi connectivity index (χ3n) is 2.66. The van der Waals surface area contributed by atoms with Crippen LogP contribution < -0.4 is 11.3 Å². The van der Waals surface area contributed by atoms with Crippen LogP contribution in [0, 0.1) is 0 Å². The van der Waals surface area contributed by atoms with Crippen molar-refractivity contribution in [2.45, 2.75) is 21.9 Å². The Bertz CT molecular complexity index is 840. The maximum absolute atomic E-state index is 13.7. The molecule has 0 spiro atoms. The van der Waals surface area contributed by atoms with E-state index >= 15 is 0 Å². The van der Waals surface area contributed by atoms with E-state index in [0.29, 0.717) is 11.8 Å². The third-order valence-corrected chi connectivity index (χ3v) is 4.47. The summed E-state index contributed by atoms with van der Waals surface area (Å²) in [6.07, 6.45) is -5.95. The molecule has 24 heavy (non-hydrogen) atoms. The van der Waals surface area contributed by atoms with Crippen molar-refractivity contribution in [3.63, 3.8) is 0 Å². The molecular weight excluding hydrogens is 400 g/mol. The van der Waals surface area contributed by atoms with Gasteiger partial charge in [-0.1, -0.05) is 35.0 Å². The van der Waals surface area contributed by atoms with Crippen LogP contribution in [0.5, 0.6) is 0 Å². The lowest BCUT2D eigenvalue weighted by atomic mass is 10.2. The van der Waals surface area contributed by atoms with Gasteiger partial charge in [-0.15, -0.1) is 0 Å². The summed E-state index contributed by atoms with van der Waals surface area (Å²) in [5, 5.41) is 0.178. The van der Waals surface area contributed by atoms with Gasteiger partial charge in [-0.2, -0.15) is 22.0 Å². The van der Waals surface area contributed by atoms with Gasteiger partial charge in [0.25, 0.3) is 5.56 Å². The summed E-state index contributed by atoms with van der Waals surface area (Å²) >= 11 is 11.8. The molecule has 1 aromatic heterocycles. The molecule has 4 nitrogen and oxygen atoms in total. The Labute approximate surface area is 145 Å². The van der Waals surface area contributed by atoms with Gasteiger partial charge >= 0.3 is 12.1 Å². The maximum atomic E-state index is 13.7. The predicted octanol–water partition coefficient (Wildman–Crippen LogP) is 4.46. The van der Waals surface area contributed by atoms with E-state index in [1.807, 2.05) is 4.98 Å². The summed E-state index contributed by atoms with van der Waals surface area (Å²) in [6.45, 7) is 0. The van der Waals surface area contributed by atoms with Crippen molar-refractivity contribution in [1.29, 1.82) is 0 Å². The maximum Gasteiger partial charge on any atom is 0.459 e. The SMILES string of the molecule is Nc1nc(C(F)(F)C(F)(F)F)c(Sc2ccc(Cl)c(Cl)c2)c(=O)[nH]1. The molecule has 2 rings (SSSR count). The average Bonchev–Trinajstić information content (AvgIpc) is 2.44. The van der Waals surface area contributed by atoms with Crippen molar-refractivity contribution in [3.8, 4) is 0 Å². The highest BCUT2D eigenvalue weighted by Crippen LogP contribution is 2.46. The zero-order chi connectivity index (χ0) is 18.3. The number of aromatic amines is 1. The number of H-pyrrole nitrogens is 1. The van der Waals surface area contributed by atoms with Gasteiger partial charge in [-0.05, 0) is 18.2 Å². The molecule has 0 saturated heterocycles. The fraction of sp³-hybridized carbons (Fsp3) is 0.167. The molecule has 1 heterocycles. The first kappa shape index (κ1) is 18.8. The Morgan fingerprint density at radius 2 is 1.75 bits per heavy atom. The summed E-state index contributed by atoms with van der Waals surface area (Å²) in [6, 6.07) is 3.80. The minimum absolute atomic E-state index is 0.0330. The third kappa shape index (κ3) is 3.60. The second-order valence-corrected chi connectivity index (χ2v) is 6.28. The summed E-state index contributed by atoms with van der Waals surface area (Å²) in [4.78, 5) is 15.9. The minimum Gasteiger partial charge on any atom is -0.369 e. The Morgan fingerprint density at radius 3 is 2.29 bits per heavy atom. The number of aromatic nitrogens is 2. The van der Waals surface area contributed by atoms with Crippen molar-refractivity contribution >= 4 is 40.9 Å². The average molecular weight is 406 g/mol. The summed E-state index contributed by atoms with van der Waals surface area (Å²) < 4.78 is 65.2. The highest BCUT2D eigenvalue weighted by Gasteiger charge is 2.61. The number of nitrogens with two attached hydrogens (primary N) is 1. The number of hydrogen-bond donors (Lipinski definition) is 2. The standard InChI is InChI=1S/C12H6Cl2F5N3OS/c13-5-2-1-4(3-6(5)14)24-7-8(11(15,16)12(17,18)19)21-10(20)22-9(7)23/h1-3H,(H3,20,21,22,23).